The van der Waals surface area contributed by atoms with E-state index in [0.717, 1.165) is 0 Å². The van der Waals surface area contributed by atoms with E-state index in [-0.39, 0.29) is 19.4 Å². The van der Waals surface area contributed by atoms with Crippen molar-refractivity contribution in [3.63, 3.8) is 0 Å². The molecule has 0 atom stereocenters. The summed E-state index contributed by atoms with van der Waals surface area (Å²) < 4.78 is 5.16. The van der Waals surface area contributed by atoms with Crippen LogP contribution in [0.5, 0.6) is 0 Å². The summed E-state index contributed by atoms with van der Waals surface area (Å²) in [6, 6.07) is 0.350. The third-order valence-corrected chi connectivity index (χ3v) is 2.03. The van der Waals surface area contributed by atoms with Crippen LogP contribution < -0.4 is 0 Å². The molecule has 0 radical (unpaired) electrons. The topological polar surface area (TPSA) is 99.4 Å². The first kappa shape index (κ1) is 12.3. The second kappa shape index (κ2) is 5.94. The zero-order chi connectivity index (χ0) is 12.0. The van der Waals surface area contributed by atoms with E-state index < -0.39 is 11.9 Å². The highest BCUT2D eigenvalue weighted by Gasteiger charge is 2.19. The highest BCUT2D eigenvalue weighted by molar-refractivity contribution is 5.77. The van der Waals surface area contributed by atoms with E-state index in [1.165, 1.54) is 0 Å². The van der Waals surface area contributed by atoms with Crippen molar-refractivity contribution in [2.75, 3.05) is 26.2 Å². The summed E-state index contributed by atoms with van der Waals surface area (Å²) in [6.45, 7) is 1.57. The molecular weight excluding hydrogens is 216 g/mol. The number of hydrogen-bond donors (Lipinski definition) is 2. The molecule has 0 aromatic carbocycles. The molecular formula is C9H14N2O5. The van der Waals surface area contributed by atoms with Crippen molar-refractivity contribution in [1.29, 1.82) is 0 Å². The average molecular weight is 230 g/mol. The van der Waals surface area contributed by atoms with Crippen molar-refractivity contribution in [3.05, 3.63) is 0 Å². The smallest absolute Gasteiger partial charge is 0.306 e. The van der Waals surface area contributed by atoms with Gasteiger partial charge in [-0.15, -0.1) is 0 Å². The van der Waals surface area contributed by atoms with Crippen molar-refractivity contribution < 1.29 is 24.5 Å². The van der Waals surface area contributed by atoms with Gasteiger partial charge in [0.2, 0.25) is 0 Å². The van der Waals surface area contributed by atoms with Gasteiger partial charge in [-0.25, -0.2) is 4.99 Å². The van der Waals surface area contributed by atoms with Crippen LogP contribution in [-0.4, -0.2) is 59.3 Å². The lowest BCUT2D eigenvalue weighted by Gasteiger charge is -2.18. The van der Waals surface area contributed by atoms with Crippen LogP contribution in [0.3, 0.4) is 0 Å². The van der Waals surface area contributed by atoms with Gasteiger partial charge in [-0.2, -0.15) is 0 Å². The van der Waals surface area contributed by atoms with Gasteiger partial charge in [0, 0.05) is 13.1 Å². The summed E-state index contributed by atoms with van der Waals surface area (Å²) in [5.74, 6) is -1.81. The quantitative estimate of drug-likeness (QED) is 0.645. The summed E-state index contributed by atoms with van der Waals surface area (Å²) in [5.41, 5.74) is 0. The number of nitrogens with zero attached hydrogens (tertiary/aromatic N) is 2. The Hall–Kier alpha value is -1.79. The maximum absolute atomic E-state index is 10.4. The molecule has 0 aromatic rings. The van der Waals surface area contributed by atoms with E-state index in [9.17, 15) is 9.59 Å². The molecule has 90 valence electrons. The fraction of sp³-hybridized carbons (Fsp3) is 0.667. The van der Waals surface area contributed by atoms with Crippen molar-refractivity contribution in [1.82, 2.24) is 4.90 Å². The average Bonchev–Trinajstić information content (AvgIpc) is 2.62. The van der Waals surface area contributed by atoms with Gasteiger partial charge in [0.15, 0.2) is 0 Å². The summed E-state index contributed by atoms with van der Waals surface area (Å²) in [7, 11) is 0. The molecule has 0 aliphatic carbocycles. The lowest BCUT2D eigenvalue weighted by Crippen LogP contribution is -2.32. The molecule has 0 fully saturated rings. The number of hydrogen-bond acceptors (Lipinski definition) is 5. The number of carboxylic acids is 2. The molecule has 0 saturated heterocycles. The molecule has 1 heterocycles. The molecule has 0 bridgehead atoms. The number of aliphatic carboxylic acids is 2. The molecule has 1 rings (SSSR count). The van der Waals surface area contributed by atoms with E-state index >= 15 is 0 Å². The normalized spacial score (nSPS) is 14.8. The van der Waals surface area contributed by atoms with Crippen molar-refractivity contribution in [2.45, 2.75) is 12.8 Å². The second-order valence-electron chi connectivity index (χ2n) is 3.29. The lowest BCUT2D eigenvalue weighted by molar-refractivity contribution is -0.138. The molecule has 2 N–H and O–H groups in total. The molecule has 0 aromatic heterocycles. The van der Waals surface area contributed by atoms with E-state index in [2.05, 4.69) is 4.99 Å². The Morgan fingerprint density at radius 3 is 2.62 bits per heavy atom. The lowest BCUT2D eigenvalue weighted by atomic mass is 10.4. The maximum atomic E-state index is 10.4. The van der Waals surface area contributed by atoms with E-state index in [0.29, 0.717) is 25.7 Å². The number of carboxylic acid groups (broad SMARTS) is 2. The minimum absolute atomic E-state index is 0.0152. The molecule has 7 nitrogen and oxygen atoms in total. The number of ether oxygens (including phenoxy) is 1. The molecule has 0 unspecified atom stereocenters. The van der Waals surface area contributed by atoms with Crippen LogP contribution in [0.2, 0.25) is 0 Å². The van der Waals surface area contributed by atoms with Crippen LogP contribution in [0, 0.1) is 0 Å². The maximum Gasteiger partial charge on any atom is 0.306 e. The van der Waals surface area contributed by atoms with Gasteiger partial charge < -0.3 is 19.8 Å². The first-order valence-corrected chi connectivity index (χ1v) is 4.95. The summed E-state index contributed by atoms with van der Waals surface area (Å²) >= 11 is 0. The van der Waals surface area contributed by atoms with Crippen LogP contribution >= 0.6 is 0 Å². The standard InChI is InChI=1S/C9H14N2O5/c12-7(13)1-4-11-5-3-10-9(11)16-6-2-8(14)15/h1-6H2,(H,12,13)(H,14,15). The molecule has 0 saturated carbocycles. The third kappa shape index (κ3) is 4.16. The fourth-order valence-electron chi connectivity index (χ4n) is 1.27. The minimum Gasteiger partial charge on any atom is -0.481 e. The van der Waals surface area contributed by atoms with Crippen molar-refractivity contribution >= 4 is 18.0 Å². The summed E-state index contributed by atoms with van der Waals surface area (Å²) in [5, 5.41) is 16.9. The summed E-state index contributed by atoms with van der Waals surface area (Å²) in [4.78, 5) is 26.4. The Labute approximate surface area is 92.3 Å². The van der Waals surface area contributed by atoms with Crippen LogP contribution in [0.15, 0.2) is 4.99 Å². The Morgan fingerprint density at radius 2 is 2.00 bits per heavy atom. The molecule has 7 heteroatoms. The van der Waals surface area contributed by atoms with Gasteiger partial charge in [-0.3, -0.25) is 9.59 Å². The third-order valence-electron chi connectivity index (χ3n) is 2.03. The van der Waals surface area contributed by atoms with Gasteiger partial charge in [-0.05, 0) is 0 Å². The van der Waals surface area contributed by atoms with E-state index in [1.54, 1.807) is 4.90 Å². The Kier molecular flexibility index (Phi) is 4.56. The number of aliphatic imine (C=N–C) groups is 1. The Balaban J connectivity index is 2.28. The highest BCUT2D eigenvalue weighted by atomic mass is 16.5. The predicted octanol–water partition coefficient (Wildman–Crippen LogP) is -0.376. The molecule has 1 aliphatic heterocycles. The number of amidine groups is 1. The van der Waals surface area contributed by atoms with Gasteiger partial charge in [-0.1, -0.05) is 0 Å². The molecule has 0 spiro atoms. The second-order valence-corrected chi connectivity index (χ2v) is 3.29. The van der Waals surface area contributed by atoms with Gasteiger partial charge in [0.05, 0.1) is 19.4 Å². The summed E-state index contributed by atoms with van der Waals surface area (Å²) in [6.07, 6.45) is -0.0763. The number of rotatable bonds is 6. The SMILES string of the molecule is O=C(O)CCOC1=NCCN1CCC(=O)O. The van der Waals surface area contributed by atoms with Crippen LogP contribution in [0.4, 0.5) is 0 Å². The van der Waals surface area contributed by atoms with Crippen molar-refractivity contribution in [3.8, 4) is 0 Å². The largest absolute Gasteiger partial charge is 0.481 e. The zero-order valence-corrected chi connectivity index (χ0v) is 8.76. The molecule has 0 amide bonds. The van der Waals surface area contributed by atoms with Gasteiger partial charge in [0.1, 0.15) is 6.61 Å². The van der Waals surface area contributed by atoms with Crippen LogP contribution in [0.25, 0.3) is 0 Å². The fourth-order valence-corrected chi connectivity index (χ4v) is 1.27. The zero-order valence-electron chi connectivity index (χ0n) is 8.76. The van der Waals surface area contributed by atoms with Gasteiger partial charge >= 0.3 is 11.9 Å². The van der Waals surface area contributed by atoms with Crippen LogP contribution in [-0.2, 0) is 14.3 Å². The van der Waals surface area contributed by atoms with Crippen molar-refractivity contribution in [2.24, 2.45) is 4.99 Å². The van der Waals surface area contributed by atoms with E-state index in [4.69, 9.17) is 14.9 Å². The highest BCUT2D eigenvalue weighted by Crippen LogP contribution is 2.04. The first-order chi connectivity index (χ1) is 7.59. The molecule has 1 aliphatic rings. The first-order valence-electron chi connectivity index (χ1n) is 4.95. The number of carbonyl (C=O) groups is 2. The van der Waals surface area contributed by atoms with Gasteiger partial charge in [0.25, 0.3) is 6.02 Å². The molecule has 16 heavy (non-hydrogen) atoms. The Bertz CT molecular complexity index is 302. The monoisotopic (exact) mass is 230 g/mol. The minimum atomic E-state index is -0.935. The predicted molar refractivity (Wildman–Crippen MR) is 54.3 cm³/mol. The van der Waals surface area contributed by atoms with E-state index in [1.807, 2.05) is 0 Å². The van der Waals surface area contributed by atoms with Crippen LogP contribution in [0.1, 0.15) is 12.8 Å². The Morgan fingerprint density at radius 1 is 1.31 bits per heavy atom.